The van der Waals surface area contributed by atoms with Gasteiger partial charge in [0.05, 0.1) is 17.2 Å². The van der Waals surface area contributed by atoms with Crippen LogP contribution in [0, 0.1) is 5.41 Å². The van der Waals surface area contributed by atoms with Crippen molar-refractivity contribution in [2.45, 2.75) is 66.7 Å². The number of ether oxygens (including phenoxy) is 1. The molecule has 1 heterocycles. The number of carboxylic acid groups (broad SMARTS) is 1. The molecule has 3 aromatic rings. The van der Waals surface area contributed by atoms with Gasteiger partial charge in [0.1, 0.15) is 17.1 Å². The molecule has 0 radical (unpaired) electrons. The number of para-hydroxylation sites is 1. The van der Waals surface area contributed by atoms with Gasteiger partial charge >= 0.3 is 5.97 Å². The van der Waals surface area contributed by atoms with Gasteiger partial charge in [-0.05, 0) is 55.6 Å². The van der Waals surface area contributed by atoms with Crippen LogP contribution in [0.3, 0.4) is 0 Å². The highest BCUT2D eigenvalue weighted by atomic mass is 35.5. The van der Waals surface area contributed by atoms with Crippen molar-refractivity contribution in [2.24, 2.45) is 5.41 Å². The molecule has 8 heteroatoms. The van der Waals surface area contributed by atoms with Crippen molar-refractivity contribution in [2.75, 3.05) is 19.7 Å². The van der Waals surface area contributed by atoms with Crippen LogP contribution >= 0.6 is 24.0 Å². The third-order valence-electron chi connectivity index (χ3n) is 5.44. The van der Waals surface area contributed by atoms with Crippen LogP contribution in [-0.4, -0.2) is 36.6 Å². The number of furan rings is 1. The predicted molar refractivity (Wildman–Crippen MR) is 157 cm³/mol. The SMILES string of the molecule is CC(C)c1oc2ccccc2c1C(=O)c1ccc(OCCCNCC(C)(C)C)c(Cl)c1.CCCC(=O)O.Cl. The minimum atomic E-state index is -0.711. The fourth-order valence-electron chi connectivity index (χ4n) is 3.67. The summed E-state index contributed by atoms with van der Waals surface area (Å²) >= 11 is 6.44. The number of fused-ring (bicyclic) bond motifs is 1. The zero-order chi connectivity index (χ0) is 27.6. The molecule has 6 nitrogen and oxygen atoms in total. The van der Waals surface area contributed by atoms with E-state index in [0.29, 0.717) is 40.7 Å². The first kappa shape index (κ1) is 33.5. The Morgan fingerprint density at radius 2 is 1.82 bits per heavy atom. The number of carbonyl (C=O) groups is 2. The van der Waals surface area contributed by atoms with Crippen LogP contribution in [-0.2, 0) is 4.79 Å². The van der Waals surface area contributed by atoms with E-state index in [1.54, 1.807) is 18.2 Å². The molecule has 0 aliphatic rings. The number of ketones is 1. The number of carbonyl (C=O) groups excluding carboxylic acids is 1. The van der Waals surface area contributed by atoms with Crippen LogP contribution < -0.4 is 10.1 Å². The number of carboxylic acids is 1. The van der Waals surface area contributed by atoms with Crippen molar-refractivity contribution in [3.05, 3.63) is 64.4 Å². The van der Waals surface area contributed by atoms with E-state index in [-0.39, 0.29) is 29.5 Å². The zero-order valence-electron chi connectivity index (χ0n) is 23.2. The van der Waals surface area contributed by atoms with Gasteiger partial charge in [0.2, 0.25) is 0 Å². The average Bonchev–Trinajstić information content (AvgIpc) is 3.21. The maximum absolute atomic E-state index is 13.4. The van der Waals surface area contributed by atoms with Crippen molar-refractivity contribution in [3.8, 4) is 5.75 Å². The average molecular weight is 567 g/mol. The topological polar surface area (TPSA) is 88.8 Å². The van der Waals surface area contributed by atoms with Crippen molar-refractivity contribution in [3.63, 3.8) is 0 Å². The molecule has 0 saturated carbocycles. The van der Waals surface area contributed by atoms with Crippen LogP contribution in [0.4, 0.5) is 0 Å². The molecule has 2 N–H and O–H groups in total. The predicted octanol–water partition coefficient (Wildman–Crippen LogP) is 8.14. The Bertz CT molecular complexity index is 1180. The monoisotopic (exact) mass is 565 g/mol. The van der Waals surface area contributed by atoms with Gasteiger partial charge in [0.25, 0.3) is 0 Å². The van der Waals surface area contributed by atoms with Crippen molar-refractivity contribution >= 4 is 46.7 Å². The standard InChI is InChI=1S/C26H32ClNO3.C4H8O2.ClH/c1-17(2)25-23(19-9-6-7-10-21(19)31-25)24(29)18-11-12-22(20(27)15-18)30-14-8-13-28-16-26(3,4)5;1-2-3-4(5)6;/h6-7,9-12,15,17,28H,8,13-14,16H2,1-5H3;2-3H2,1H3,(H,5,6);1H. The number of hydrogen-bond acceptors (Lipinski definition) is 5. The second kappa shape index (κ2) is 15.8. The normalized spacial score (nSPS) is 11.1. The van der Waals surface area contributed by atoms with E-state index >= 15 is 0 Å². The molecule has 0 atom stereocenters. The minimum absolute atomic E-state index is 0. The fourth-order valence-corrected chi connectivity index (χ4v) is 3.90. The van der Waals surface area contributed by atoms with Crippen LogP contribution in [0.1, 0.15) is 88.4 Å². The minimum Gasteiger partial charge on any atom is -0.492 e. The third kappa shape index (κ3) is 10.3. The Labute approximate surface area is 237 Å². The molecule has 0 saturated heterocycles. The molecule has 38 heavy (non-hydrogen) atoms. The number of aliphatic carboxylic acids is 1. The lowest BCUT2D eigenvalue weighted by molar-refractivity contribution is -0.137. The maximum atomic E-state index is 13.4. The van der Waals surface area contributed by atoms with Crippen LogP contribution in [0.25, 0.3) is 11.0 Å². The summed E-state index contributed by atoms with van der Waals surface area (Å²) in [5.74, 6) is 0.586. The second-order valence-electron chi connectivity index (χ2n) is 10.5. The van der Waals surface area contributed by atoms with Gasteiger partial charge in [0.15, 0.2) is 5.78 Å². The number of halogens is 2. The van der Waals surface area contributed by atoms with Gasteiger partial charge in [-0.1, -0.05) is 71.3 Å². The molecule has 0 spiro atoms. The lowest BCUT2D eigenvalue weighted by atomic mass is 9.96. The molecule has 0 aliphatic heterocycles. The van der Waals surface area contributed by atoms with E-state index in [1.165, 1.54) is 0 Å². The number of nitrogens with one attached hydrogen (secondary N) is 1. The van der Waals surface area contributed by atoms with E-state index in [1.807, 2.05) is 45.0 Å². The van der Waals surface area contributed by atoms with Crippen molar-refractivity contribution < 1.29 is 23.8 Å². The largest absolute Gasteiger partial charge is 0.492 e. The summed E-state index contributed by atoms with van der Waals surface area (Å²) in [6, 6.07) is 12.9. The smallest absolute Gasteiger partial charge is 0.303 e. The van der Waals surface area contributed by atoms with E-state index < -0.39 is 5.97 Å². The van der Waals surface area contributed by atoms with Gasteiger partial charge in [-0.2, -0.15) is 0 Å². The lowest BCUT2D eigenvalue weighted by Gasteiger charge is -2.18. The van der Waals surface area contributed by atoms with E-state index in [9.17, 15) is 9.59 Å². The number of rotatable bonds is 11. The van der Waals surface area contributed by atoms with E-state index in [0.717, 1.165) is 36.9 Å². The fraction of sp³-hybridized carbons (Fsp3) is 0.467. The van der Waals surface area contributed by atoms with E-state index in [4.69, 9.17) is 25.9 Å². The summed E-state index contributed by atoms with van der Waals surface area (Å²) in [6.07, 6.45) is 1.90. The zero-order valence-corrected chi connectivity index (χ0v) is 24.8. The molecule has 1 aromatic heterocycles. The molecule has 0 amide bonds. The summed E-state index contributed by atoms with van der Waals surface area (Å²) in [5, 5.41) is 12.6. The van der Waals surface area contributed by atoms with Crippen LogP contribution in [0.5, 0.6) is 5.75 Å². The molecule has 210 valence electrons. The van der Waals surface area contributed by atoms with Crippen LogP contribution in [0.2, 0.25) is 5.02 Å². The second-order valence-corrected chi connectivity index (χ2v) is 11.0. The summed E-state index contributed by atoms with van der Waals surface area (Å²) in [7, 11) is 0. The van der Waals surface area contributed by atoms with E-state index in [2.05, 4.69) is 26.1 Å². The Morgan fingerprint density at radius 1 is 1.13 bits per heavy atom. The van der Waals surface area contributed by atoms with Crippen molar-refractivity contribution in [1.82, 2.24) is 5.32 Å². The van der Waals surface area contributed by atoms with Crippen LogP contribution in [0.15, 0.2) is 46.9 Å². The first-order valence-electron chi connectivity index (χ1n) is 12.9. The Hall–Kier alpha value is -2.54. The highest BCUT2D eigenvalue weighted by Gasteiger charge is 2.24. The van der Waals surface area contributed by atoms with Crippen molar-refractivity contribution in [1.29, 1.82) is 0 Å². The van der Waals surface area contributed by atoms with Gasteiger partial charge in [-0.15, -0.1) is 12.4 Å². The van der Waals surface area contributed by atoms with Gasteiger partial charge in [-0.3, -0.25) is 9.59 Å². The first-order valence-corrected chi connectivity index (χ1v) is 13.2. The summed E-state index contributed by atoms with van der Waals surface area (Å²) in [4.78, 5) is 23.0. The van der Waals surface area contributed by atoms with Gasteiger partial charge < -0.3 is 19.6 Å². The number of benzene rings is 2. The molecule has 2 aromatic carbocycles. The van der Waals surface area contributed by atoms with Gasteiger partial charge in [0, 0.05) is 23.3 Å². The molecule has 0 fully saturated rings. The molecule has 0 bridgehead atoms. The maximum Gasteiger partial charge on any atom is 0.303 e. The molecule has 0 aliphatic carbocycles. The quantitative estimate of drug-likeness (QED) is 0.180. The highest BCUT2D eigenvalue weighted by molar-refractivity contribution is 6.32. The molecular formula is C30H41Cl2NO5. The number of hydrogen-bond donors (Lipinski definition) is 2. The summed E-state index contributed by atoms with van der Waals surface area (Å²) in [5.41, 5.74) is 2.13. The Kier molecular flexibility index (Phi) is 13.9. The lowest BCUT2D eigenvalue weighted by Crippen LogP contribution is -2.28. The summed E-state index contributed by atoms with van der Waals surface area (Å²) < 4.78 is 11.8. The third-order valence-corrected chi connectivity index (χ3v) is 5.74. The Balaban J connectivity index is 0.000000925. The Morgan fingerprint density at radius 3 is 2.37 bits per heavy atom. The molecule has 3 rings (SSSR count). The highest BCUT2D eigenvalue weighted by Crippen LogP contribution is 2.34. The molecular weight excluding hydrogens is 525 g/mol. The first-order chi connectivity index (χ1) is 17.4. The van der Waals surface area contributed by atoms with Gasteiger partial charge in [-0.25, -0.2) is 0 Å². The molecule has 0 unspecified atom stereocenters. The summed E-state index contributed by atoms with van der Waals surface area (Å²) in [6.45, 7) is 14.9.